The number of aliphatic carboxylic acids is 1. The summed E-state index contributed by atoms with van der Waals surface area (Å²) in [5, 5.41) is 14.5. The third-order valence-electron chi connectivity index (χ3n) is 2.19. The van der Waals surface area contributed by atoms with Crippen LogP contribution in [0.2, 0.25) is 0 Å². The van der Waals surface area contributed by atoms with Gasteiger partial charge in [0.05, 0.1) is 0 Å². The molecule has 7 nitrogen and oxygen atoms in total. The Hall–Kier alpha value is -1.96. The van der Waals surface area contributed by atoms with E-state index in [0.29, 0.717) is 5.82 Å². The van der Waals surface area contributed by atoms with Gasteiger partial charge < -0.3 is 15.3 Å². The van der Waals surface area contributed by atoms with Crippen LogP contribution in [-0.4, -0.2) is 33.8 Å². The maximum atomic E-state index is 11.7. The third kappa shape index (κ3) is 2.83. The first kappa shape index (κ1) is 12.5. The number of amides is 1. The molecule has 94 valence electrons. The Labute approximate surface area is 110 Å². The highest BCUT2D eigenvalue weighted by atomic mass is 79.9. The molecule has 0 saturated heterocycles. The van der Waals surface area contributed by atoms with Gasteiger partial charge in [0.1, 0.15) is 5.82 Å². The van der Waals surface area contributed by atoms with E-state index in [1.54, 1.807) is 12.1 Å². The number of hydrogen-bond donors (Lipinski definition) is 2. The zero-order valence-corrected chi connectivity index (χ0v) is 10.5. The fraction of sp³-hybridized carbons (Fsp3) is 0.200. The minimum atomic E-state index is -1.19. The number of carbonyl (C=O) groups excluding carboxylic acids is 1. The van der Waals surface area contributed by atoms with E-state index >= 15 is 0 Å². The average molecular weight is 314 g/mol. The maximum Gasteiger partial charge on any atom is 0.353 e. The molecule has 1 aromatic heterocycles. The van der Waals surface area contributed by atoms with Crippen molar-refractivity contribution in [1.82, 2.24) is 4.98 Å². The van der Waals surface area contributed by atoms with Crippen LogP contribution in [0.4, 0.5) is 5.82 Å². The Kier molecular flexibility index (Phi) is 3.56. The Balaban J connectivity index is 1.94. The number of halogens is 1. The molecule has 0 fully saturated rings. The average Bonchev–Trinajstić information content (AvgIpc) is 2.81. The number of anilines is 1. The molecular formula is C10H8BrN3O4. The van der Waals surface area contributed by atoms with Crippen LogP contribution in [0.3, 0.4) is 0 Å². The Bertz CT molecular complexity index is 514. The molecule has 2 rings (SSSR count). The summed E-state index contributed by atoms with van der Waals surface area (Å²) in [7, 11) is 0. The maximum absolute atomic E-state index is 11.7. The van der Waals surface area contributed by atoms with Gasteiger partial charge in [-0.15, -0.1) is 0 Å². The van der Waals surface area contributed by atoms with E-state index < -0.39 is 18.0 Å². The molecule has 0 spiro atoms. The fourth-order valence-electron chi connectivity index (χ4n) is 1.30. The number of oxime groups is 1. The van der Waals surface area contributed by atoms with E-state index in [1.165, 1.54) is 6.20 Å². The number of nitrogens with zero attached hydrogens (tertiary/aromatic N) is 2. The van der Waals surface area contributed by atoms with Gasteiger partial charge in [-0.1, -0.05) is 5.16 Å². The second-order valence-electron chi connectivity index (χ2n) is 3.49. The molecule has 18 heavy (non-hydrogen) atoms. The van der Waals surface area contributed by atoms with Crippen LogP contribution >= 0.6 is 15.9 Å². The second-order valence-corrected chi connectivity index (χ2v) is 4.41. The minimum Gasteiger partial charge on any atom is -0.477 e. The van der Waals surface area contributed by atoms with Crippen molar-refractivity contribution in [2.24, 2.45) is 5.16 Å². The van der Waals surface area contributed by atoms with E-state index in [0.717, 1.165) is 4.47 Å². The fourth-order valence-corrected chi connectivity index (χ4v) is 1.54. The van der Waals surface area contributed by atoms with Gasteiger partial charge in [-0.3, -0.25) is 4.79 Å². The van der Waals surface area contributed by atoms with Crippen molar-refractivity contribution in [1.29, 1.82) is 0 Å². The van der Waals surface area contributed by atoms with Gasteiger partial charge in [-0.25, -0.2) is 9.78 Å². The first-order valence-electron chi connectivity index (χ1n) is 4.94. The summed E-state index contributed by atoms with van der Waals surface area (Å²) in [5.74, 6) is -1.31. The van der Waals surface area contributed by atoms with Crippen LogP contribution in [-0.2, 0) is 14.4 Å². The number of pyridine rings is 1. The van der Waals surface area contributed by atoms with Gasteiger partial charge in [0.2, 0.25) is 6.10 Å². The number of nitrogens with one attached hydrogen (secondary N) is 1. The number of carbonyl (C=O) groups is 2. The van der Waals surface area contributed by atoms with Gasteiger partial charge >= 0.3 is 5.97 Å². The van der Waals surface area contributed by atoms with Crippen LogP contribution in [0.25, 0.3) is 0 Å². The molecular weight excluding hydrogens is 306 g/mol. The van der Waals surface area contributed by atoms with E-state index in [2.05, 4.69) is 31.4 Å². The molecule has 0 saturated carbocycles. The van der Waals surface area contributed by atoms with Crippen molar-refractivity contribution in [3.8, 4) is 0 Å². The molecule has 1 unspecified atom stereocenters. The van der Waals surface area contributed by atoms with Crippen molar-refractivity contribution in [2.75, 3.05) is 5.32 Å². The molecule has 1 aliphatic heterocycles. The smallest absolute Gasteiger partial charge is 0.353 e. The van der Waals surface area contributed by atoms with Gasteiger partial charge in [0.15, 0.2) is 5.71 Å². The monoisotopic (exact) mass is 313 g/mol. The third-order valence-corrected chi connectivity index (χ3v) is 2.66. The highest BCUT2D eigenvalue weighted by molar-refractivity contribution is 9.10. The van der Waals surface area contributed by atoms with Crippen molar-refractivity contribution in [2.45, 2.75) is 12.5 Å². The number of carboxylic acid groups (broad SMARTS) is 1. The largest absolute Gasteiger partial charge is 0.477 e. The number of rotatable bonds is 3. The lowest BCUT2D eigenvalue weighted by atomic mass is 10.2. The number of hydrogen-bond acceptors (Lipinski definition) is 5. The van der Waals surface area contributed by atoms with Crippen molar-refractivity contribution >= 4 is 39.3 Å². The Morgan fingerprint density at radius 2 is 2.28 bits per heavy atom. The van der Waals surface area contributed by atoms with Crippen molar-refractivity contribution < 1.29 is 19.5 Å². The summed E-state index contributed by atoms with van der Waals surface area (Å²) in [6.07, 6.45) is 0.545. The highest BCUT2D eigenvalue weighted by Gasteiger charge is 2.31. The van der Waals surface area contributed by atoms with E-state index in [9.17, 15) is 9.59 Å². The first-order valence-corrected chi connectivity index (χ1v) is 5.74. The number of carboxylic acids is 1. The van der Waals surface area contributed by atoms with E-state index in [4.69, 9.17) is 9.94 Å². The van der Waals surface area contributed by atoms with Crippen LogP contribution in [0, 0.1) is 0 Å². The summed E-state index contributed by atoms with van der Waals surface area (Å²) < 4.78 is 0.786. The molecule has 0 radical (unpaired) electrons. The zero-order chi connectivity index (χ0) is 13.1. The van der Waals surface area contributed by atoms with Crippen molar-refractivity contribution in [3.05, 3.63) is 22.8 Å². The molecule has 0 bridgehead atoms. The lowest BCUT2D eigenvalue weighted by Gasteiger charge is -2.08. The second kappa shape index (κ2) is 5.13. The van der Waals surface area contributed by atoms with Crippen LogP contribution in [0.1, 0.15) is 6.42 Å². The predicted octanol–water partition coefficient (Wildman–Crippen LogP) is 1.01. The first-order chi connectivity index (χ1) is 8.56. The molecule has 2 N–H and O–H groups in total. The van der Waals surface area contributed by atoms with Gasteiger partial charge in [-0.2, -0.15) is 0 Å². The molecule has 1 aromatic rings. The summed E-state index contributed by atoms with van der Waals surface area (Å²) in [5.41, 5.74) is -0.168. The lowest BCUT2D eigenvalue weighted by molar-refractivity contribution is -0.129. The van der Waals surface area contributed by atoms with Crippen LogP contribution in [0.15, 0.2) is 28.0 Å². The summed E-state index contributed by atoms with van der Waals surface area (Å²) in [6.45, 7) is 0. The molecule has 8 heteroatoms. The normalized spacial score (nSPS) is 17.8. The molecule has 1 amide bonds. The quantitative estimate of drug-likeness (QED) is 0.867. The number of aromatic nitrogens is 1. The zero-order valence-electron chi connectivity index (χ0n) is 8.96. The lowest BCUT2D eigenvalue weighted by Crippen LogP contribution is -2.29. The standard InChI is InChI=1S/C10H8BrN3O4/c11-5-1-2-8(12-4-5)13-9(15)7-3-6(10(16)17)14-18-7/h1-2,4,7H,3H2,(H,16,17)(H,12,13,15). The summed E-state index contributed by atoms with van der Waals surface area (Å²) >= 11 is 3.22. The summed E-state index contributed by atoms with van der Waals surface area (Å²) in [4.78, 5) is 31.0. The van der Waals surface area contributed by atoms with Gasteiger partial charge in [0, 0.05) is 17.1 Å². The van der Waals surface area contributed by atoms with E-state index in [1.807, 2.05) is 0 Å². The van der Waals surface area contributed by atoms with Gasteiger partial charge in [0.25, 0.3) is 5.91 Å². The van der Waals surface area contributed by atoms with E-state index in [-0.39, 0.29) is 12.1 Å². The molecule has 1 aliphatic rings. The highest BCUT2D eigenvalue weighted by Crippen LogP contribution is 2.14. The Morgan fingerprint density at radius 3 is 2.83 bits per heavy atom. The molecule has 0 aromatic carbocycles. The molecule has 0 aliphatic carbocycles. The van der Waals surface area contributed by atoms with Crippen LogP contribution < -0.4 is 5.32 Å². The topological polar surface area (TPSA) is 101 Å². The summed E-state index contributed by atoms with van der Waals surface area (Å²) in [6, 6.07) is 3.33. The Morgan fingerprint density at radius 1 is 1.50 bits per heavy atom. The molecule has 2 heterocycles. The molecule has 1 atom stereocenters. The van der Waals surface area contributed by atoms with Crippen LogP contribution in [0.5, 0.6) is 0 Å². The SMILES string of the molecule is O=C(O)C1=NOC(C(=O)Nc2ccc(Br)cn2)C1. The van der Waals surface area contributed by atoms with Crippen molar-refractivity contribution in [3.63, 3.8) is 0 Å². The van der Waals surface area contributed by atoms with Gasteiger partial charge in [-0.05, 0) is 28.1 Å². The predicted molar refractivity (Wildman–Crippen MR) is 65.1 cm³/mol. The minimum absolute atomic E-state index is 0.0578.